The molecule has 150 valence electrons. The lowest BCUT2D eigenvalue weighted by atomic mass is 10.1. The molecule has 1 heterocycles. The number of amides is 1. The Kier molecular flexibility index (Phi) is 5.24. The van der Waals surface area contributed by atoms with Crippen molar-refractivity contribution in [3.05, 3.63) is 88.0 Å². The summed E-state index contributed by atoms with van der Waals surface area (Å²) in [5.74, 6) is -1.19. The van der Waals surface area contributed by atoms with Crippen molar-refractivity contribution in [2.24, 2.45) is 0 Å². The van der Waals surface area contributed by atoms with Gasteiger partial charge in [-0.2, -0.15) is 0 Å². The maximum absolute atomic E-state index is 13.1. The number of nitro benzene ring substituents is 1. The Labute approximate surface area is 176 Å². The molecule has 7 nitrogen and oxygen atoms in total. The number of benzene rings is 3. The largest absolute Gasteiger partial charge is 0.452 e. The highest BCUT2D eigenvalue weighted by molar-refractivity contribution is 7.99. The molecular formula is C22H16N2O5S. The van der Waals surface area contributed by atoms with E-state index in [4.69, 9.17) is 4.74 Å². The van der Waals surface area contributed by atoms with Crippen LogP contribution in [0.25, 0.3) is 0 Å². The van der Waals surface area contributed by atoms with Crippen LogP contribution in [-0.4, -0.2) is 23.4 Å². The second-order valence-electron chi connectivity index (χ2n) is 6.55. The molecular weight excluding hydrogens is 404 g/mol. The minimum atomic E-state index is -0.780. The lowest BCUT2D eigenvalue weighted by Crippen LogP contribution is -2.32. The Morgan fingerprint density at radius 1 is 0.967 bits per heavy atom. The van der Waals surface area contributed by atoms with Crippen LogP contribution in [0.2, 0.25) is 0 Å². The topological polar surface area (TPSA) is 89.8 Å². The van der Waals surface area contributed by atoms with Crippen LogP contribution in [0.1, 0.15) is 15.9 Å². The monoisotopic (exact) mass is 420 g/mol. The zero-order valence-electron chi connectivity index (χ0n) is 15.9. The molecule has 0 atom stereocenters. The zero-order chi connectivity index (χ0) is 21.3. The van der Waals surface area contributed by atoms with E-state index in [1.54, 1.807) is 11.8 Å². The number of rotatable bonds is 4. The second-order valence-corrected chi connectivity index (χ2v) is 7.63. The van der Waals surface area contributed by atoms with Crippen LogP contribution in [0.3, 0.4) is 0 Å². The molecule has 1 aliphatic heterocycles. The maximum Gasteiger partial charge on any atom is 0.339 e. The highest BCUT2D eigenvalue weighted by Crippen LogP contribution is 2.47. The molecule has 8 heteroatoms. The van der Waals surface area contributed by atoms with Crippen LogP contribution in [0.5, 0.6) is 0 Å². The van der Waals surface area contributed by atoms with E-state index >= 15 is 0 Å². The molecule has 0 fully saturated rings. The van der Waals surface area contributed by atoms with Crippen molar-refractivity contribution in [1.29, 1.82) is 0 Å². The molecule has 30 heavy (non-hydrogen) atoms. The smallest absolute Gasteiger partial charge is 0.339 e. The average Bonchev–Trinajstić information content (AvgIpc) is 2.75. The number of anilines is 2. The fourth-order valence-electron chi connectivity index (χ4n) is 3.29. The number of esters is 1. The van der Waals surface area contributed by atoms with Gasteiger partial charge in [-0.25, -0.2) is 4.79 Å². The molecule has 0 bridgehead atoms. The van der Waals surface area contributed by atoms with Crippen LogP contribution in [-0.2, 0) is 9.53 Å². The SMILES string of the molecule is Cc1c(C(=O)OCC(=O)N2c3ccccc3Sc3ccccc32)cccc1[N+](=O)[O-]. The fraction of sp³-hybridized carbons (Fsp3) is 0.0909. The van der Waals surface area contributed by atoms with Crippen molar-refractivity contribution in [3.8, 4) is 0 Å². The van der Waals surface area contributed by atoms with Crippen molar-refractivity contribution >= 4 is 40.7 Å². The van der Waals surface area contributed by atoms with Crippen LogP contribution in [0, 0.1) is 17.0 Å². The molecule has 0 aromatic heterocycles. The van der Waals surface area contributed by atoms with Gasteiger partial charge in [-0.05, 0) is 37.3 Å². The maximum atomic E-state index is 13.1. The molecule has 0 radical (unpaired) electrons. The number of para-hydroxylation sites is 2. The summed E-state index contributed by atoms with van der Waals surface area (Å²) in [5.41, 5.74) is 1.52. The highest BCUT2D eigenvalue weighted by atomic mass is 32.2. The molecule has 4 rings (SSSR count). The Hall–Kier alpha value is -3.65. The minimum Gasteiger partial charge on any atom is -0.452 e. The third-order valence-corrected chi connectivity index (χ3v) is 5.86. The van der Waals surface area contributed by atoms with Crippen molar-refractivity contribution in [3.63, 3.8) is 0 Å². The molecule has 0 saturated carbocycles. The molecule has 0 unspecified atom stereocenters. The van der Waals surface area contributed by atoms with Gasteiger partial charge in [0.1, 0.15) is 0 Å². The van der Waals surface area contributed by atoms with E-state index in [0.717, 1.165) is 9.79 Å². The molecule has 1 aliphatic rings. The van der Waals surface area contributed by atoms with E-state index < -0.39 is 23.4 Å². The lowest BCUT2D eigenvalue weighted by Gasteiger charge is -2.30. The number of nitrogens with zero attached hydrogens (tertiary/aromatic N) is 2. The quantitative estimate of drug-likeness (QED) is 0.339. The Morgan fingerprint density at radius 2 is 1.57 bits per heavy atom. The summed E-state index contributed by atoms with van der Waals surface area (Å²) in [4.78, 5) is 39.5. The van der Waals surface area contributed by atoms with Gasteiger partial charge in [0.15, 0.2) is 6.61 Å². The summed E-state index contributed by atoms with van der Waals surface area (Å²) >= 11 is 1.57. The summed E-state index contributed by atoms with van der Waals surface area (Å²) in [6.45, 7) is 0.985. The Morgan fingerprint density at radius 3 is 2.17 bits per heavy atom. The highest BCUT2D eigenvalue weighted by Gasteiger charge is 2.29. The normalized spacial score (nSPS) is 12.0. The number of carbonyl (C=O) groups excluding carboxylic acids is 2. The summed E-state index contributed by atoms with van der Waals surface area (Å²) in [7, 11) is 0. The van der Waals surface area contributed by atoms with Crippen molar-refractivity contribution in [2.75, 3.05) is 11.5 Å². The minimum absolute atomic E-state index is 0.0620. The van der Waals surface area contributed by atoms with Gasteiger partial charge >= 0.3 is 5.97 Å². The summed E-state index contributed by atoms with van der Waals surface area (Å²) in [6.07, 6.45) is 0. The Balaban J connectivity index is 1.58. The first-order valence-corrected chi connectivity index (χ1v) is 9.89. The van der Waals surface area contributed by atoms with Gasteiger partial charge in [-0.15, -0.1) is 0 Å². The molecule has 0 spiro atoms. The molecule has 1 amide bonds. The average molecular weight is 420 g/mol. The van der Waals surface area contributed by atoms with Crippen LogP contribution in [0.4, 0.5) is 17.1 Å². The standard InChI is InChI=1S/C22H16N2O5S/c1-14-15(7-6-10-16(14)24(27)28)22(26)29-13-21(25)23-17-8-2-4-11-19(17)30-20-12-5-3-9-18(20)23/h2-12H,13H2,1H3. The molecule has 3 aromatic rings. The fourth-order valence-corrected chi connectivity index (χ4v) is 4.34. The number of ether oxygens (including phenoxy) is 1. The lowest BCUT2D eigenvalue weighted by molar-refractivity contribution is -0.385. The van der Waals surface area contributed by atoms with Crippen molar-refractivity contribution < 1.29 is 19.2 Å². The van der Waals surface area contributed by atoms with E-state index in [-0.39, 0.29) is 16.8 Å². The second kappa shape index (κ2) is 8.00. The number of hydrogen-bond donors (Lipinski definition) is 0. The third kappa shape index (κ3) is 3.53. The zero-order valence-corrected chi connectivity index (χ0v) is 16.7. The summed E-state index contributed by atoms with van der Waals surface area (Å²) in [6, 6.07) is 19.2. The van der Waals surface area contributed by atoms with Gasteiger partial charge in [0.25, 0.3) is 11.6 Å². The van der Waals surface area contributed by atoms with Crippen LogP contribution in [0.15, 0.2) is 76.5 Å². The molecule has 3 aromatic carbocycles. The predicted octanol–water partition coefficient (Wildman–Crippen LogP) is 4.89. The van der Waals surface area contributed by atoms with Crippen molar-refractivity contribution in [2.45, 2.75) is 16.7 Å². The first-order chi connectivity index (χ1) is 14.5. The number of fused-ring (bicyclic) bond motifs is 2. The van der Waals surface area contributed by atoms with E-state index in [2.05, 4.69) is 0 Å². The van der Waals surface area contributed by atoms with Gasteiger partial charge in [0, 0.05) is 21.4 Å². The van der Waals surface area contributed by atoms with Crippen molar-refractivity contribution in [1.82, 2.24) is 0 Å². The molecule has 0 N–H and O–H groups in total. The number of carbonyl (C=O) groups is 2. The predicted molar refractivity (Wildman–Crippen MR) is 112 cm³/mol. The molecule has 0 aliphatic carbocycles. The first-order valence-electron chi connectivity index (χ1n) is 9.07. The molecule has 0 saturated heterocycles. The van der Waals surface area contributed by atoms with Gasteiger partial charge in [-0.3, -0.25) is 19.8 Å². The van der Waals surface area contributed by atoms with E-state index in [0.29, 0.717) is 11.4 Å². The van der Waals surface area contributed by atoms with E-state index in [1.165, 1.54) is 30.0 Å². The summed E-state index contributed by atoms with van der Waals surface area (Å²) in [5, 5.41) is 11.1. The summed E-state index contributed by atoms with van der Waals surface area (Å²) < 4.78 is 5.23. The van der Waals surface area contributed by atoms with Gasteiger partial charge in [0.05, 0.1) is 21.9 Å². The van der Waals surface area contributed by atoms with Crippen LogP contribution < -0.4 is 4.90 Å². The van der Waals surface area contributed by atoms with E-state index in [1.807, 2.05) is 48.5 Å². The van der Waals surface area contributed by atoms with Gasteiger partial charge < -0.3 is 4.74 Å². The number of nitro groups is 1. The first kappa shape index (κ1) is 19.7. The van der Waals surface area contributed by atoms with Crippen LogP contribution >= 0.6 is 11.8 Å². The van der Waals surface area contributed by atoms with Gasteiger partial charge in [-0.1, -0.05) is 42.1 Å². The Bertz CT molecular complexity index is 1130. The third-order valence-electron chi connectivity index (χ3n) is 4.73. The van der Waals surface area contributed by atoms with E-state index in [9.17, 15) is 19.7 Å². The number of hydrogen-bond acceptors (Lipinski definition) is 6. The van der Waals surface area contributed by atoms with Gasteiger partial charge in [0.2, 0.25) is 0 Å².